The molecule has 1 amide bonds. The molecule has 0 aliphatic heterocycles. The maximum atomic E-state index is 11.8. The highest BCUT2D eigenvalue weighted by molar-refractivity contribution is 9.10. The largest absolute Gasteiger partial charge is 0.444 e. The van der Waals surface area contributed by atoms with Crippen LogP contribution < -0.4 is 5.32 Å². The Kier molecular flexibility index (Phi) is 6.20. The Bertz CT molecular complexity index is 451. The third-order valence-electron chi connectivity index (χ3n) is 2.54. The molecule has 0 aromatic heterocycles. The number of nitrogens with one attached hydrogen (secondary N) is 1. The molecule has 0 aliphatic carbocycles. The van der Waals surface area contributed by atoms with Crippen LogP contribution >= 0.6 is 15.9 Å². The van der Waals surface area contributed by atoms with E-state index in [-0.39, 0.29) is 6.04 Å². The Labute approximate surface area is 128 Å². The molecule has 0 unspecified atom stereocenters. The van der Waals surface area contributed by atoms with E-state index in [4.69, 9.17) is 4.74 Å². The predicted molar refractivity (Wildman–Crippen MR) is 81.6 cm³/mol. The van der Waals surface area contributed by atoms with E-state index in [0.717, 1.165) is 16.3 Å². The molecule has 0 saturated heterocycles. The highest BCUT2D eigenvalue weighted by atomic mass is 79.9. The number of benzene rings is 1. The number of carbonyl (C=O) groups is 2. The van der Waals surface area contributed by atoms with E-state index in [2.05, 4.69) is 21.2 Å². The third kappa shape index (κ3) is 6.19. The first-order valence-electron chi connectivity index (χ1n) is 6.50. The fourth-order valence-electron chi connectivity index (χ4n) is 1.70. The van der Waals surface area contributed by atoms with Gasteiger partial charge in [0, 0.05) is 10.9 Å². The van der Waals surface area contributed by atoms with Gasteiger partial charge >= 0.3 is 6.09 Å². The van der Waals surface area contributed by atoms with E-state index >= 15 is 0 Å². The molecule has 1 aromatic carbocycles. The summed E-state index contributed by atoms with van der Waals surface area (Å²) < 4.78 is 6.21. The van der Waals surface area contributed by atoms with Gasteiger partial charge in [0.25, 0.3) is 0 Å². The van der Waals surface area contributed by atoms with Crippen LogP contribution in [0.2, 0.25) is 0 Å². The van der Waals surface area contributed by atoms with Crippen molar-refractivity contribution in [3.8, 4) is 0 Å². The van der Waals surface area contributed by atoms with Crippen molar-refractivity contribution in [2.45, 2.75) is 45.3 Å². The highest BCUT2D eigenvalue weighted by Gasteiger charge is 2.20. The lowest BCUT2D eigenvalue weighted by molar-refractivity contribution is -0.108. The molecule has 5 heteroatoms. The van der Waals surface area contributed by atoms with E-state index in [0.29, 0.717) is 12.8 Å². The standard InChI is InChI=1S/C15H20BrNO3/c1-15(2,3)20-14(19)17-13(5-4-10-18)11-6-8-12(16)9-7-11/h6-10,13H,4-5H2,1-3H3,(H,17,19)/t13-/m1/s1. The predicted octanol–water partition coefficient (Wildman–Crippen LogP) is 3.99. The lowest BCUT2D eigenvalue weighted by Crippen LogP contribution is -2.35. The number of aldehydes is 1. The van der Waals surface area contributed by atoms with Crippen LogP contribution in [0.3, 0.4) is 0 Å². The molecular weight excluding hydrogens is 322 g/mol. The smallest absolute Gasteiger partial charge is 0.408 e. The number of hydrogen-bond donors (Lipinski definition) is 1. The summed E-state index contributed by atoms with van der Waals surface area (Å²) in [5.41, 5.74) is 0.403. The Morgan fingerprint density at radius 2 is 1.95 bits per heavy atom. The van der Waals surface area contributed by atoms with Gasteiger partial charge in [-0.05, 0) is 44.9 Å². The fourth-order valence-corrected chi connectivity index (χ4v) is 1.97. The fraction of sp³-hybridized carbons (Fsp3) is 0.467. The summed E-state index contributed by atoms with van der Waals surface area (Å²) in [4.78, 5) is 22.4. The van der Waals surface area contributed by atoms with E-state index < -0.39 is 11.7 Å². The molecule has 0 radical (unpaired) electrons. The average Bonchev–Trinajstić information content (AvgIpc) is 2.33. The lowest BCUT2D eigenvalue weighted by atomic mass is 10.0. The Morgan fingerprint density at radius 3 is 2.45 bits per heavy atom. The maximum Gasteiger partial charge on any atom is 0.408 e. The second kappa shape index (κ2) is 7.43. The van der Waals surface area contributed by atoms with Crippen molar-refractivity contribution in [2.24, 2.45) is 0 Å². The highest BCUT2D eigenvalue weighted by Crippen LogP contribution is 2.21. The van der Waals surface area contributed by atoms with Crippen LogP contribution in [0.15, 0.2) is 28.7 Å². The third-order valence-corrected chi connectivity index (χ3v) is 3.07. The van der Waals surface area contributed by atoms with Crippen LogP contribution in [0.4, 0.5) is 4.79 Å². The van der Waals surface area contributed by atoms with Crippen LogP contribution in [-0.2, 0) is 9.53 Å². The monoisotopic (exact) mass is 341 g/mol. The van der Waals surface area contributed by atoms with Crippen molar-refractivity contribution in [1.82, 2.24) is 5.32 Å². The number of ether oxygens (including phenoxy) is 1. The number of carbonyl (C=O) groups excluding carboxylic acids is 2. The SMILES string of the molecule is CC(C)(C)OC(=O)N[C@H](CCC=O)c1ccc(Br)cc1. The first kappa shape index (κ1) is 16.7. The van der Waals surface area contributed by atoms with Crippen molar-refractivity contribution >= 4 is 28.3 Å². The molecule has 1 atom stereocenters. The van der Waals surface area contributed by atoms with Crippen molar-refractivity contribution in [1.29, 1.82) is 0 Å². The maximum absolute atomic E-state index is 11.8. The van der Waals surface area contributed by atoms with Gasteiger partial charge in [0.2, 0.25) is 0 Å². The minimum atomic E-state index is -0.543. The molecule has 0 bridgehead atoms. The summed E-state index contributed by atoms with van der Waals surface area (Å²) in [6.07, 6.45) is 1.31. The quantitative estimate of drug-likeness (QED) is 0.823. The molecule has 0 saturated carbocycles. The summed E-state index contributed by atoms with van der Waals surface area (Å²) in [6.45, 7) is 5.44. The van der Waals surface area contributed by atoms with Gasteiger partial charge < -0.3 is 14.8 Å². The molecule has 0 heterocycles. The number of alkyl carbamates (subject to hydrolysis) is 1. The summed E-state index contributed by atoms with van der Waals surface area (Å²) in [5.74, 6) is 0. The van der Waals surface area contributed by atoms with E-state index in [1.54, 1.807) is 0 Å². The molecule has 1 rings (SSSR count). The molecule has 0 fully saturated rings. The van der Waals surface area contributed by atoms with Gasteiger partial charge in [0.05, 0.1) is 6.04 Å². The molecule has 1 N–H and O–H groups in total. The normalized spacial score (nSPS) is 12.6. The van der Waals surface area contributed by atoms with Gasteiger partial charge in [-0.1, -0.05) is 28.1 Å². The van der Waals surface area contributed by atoms with Gasteiger partial charge in [-0.25, -0.2) is 4.79 Å². The van der Waals surface area contributed by atoms with E-state index in [1.165, 1.54) is 0 Å². The molecule has 4 nitrogen and oxygen atoms in total. The molecular formula is C15H20BrNO3. The van der Waals surface area contributed by atoms with Crippen LogP contribution in [0.25, 0.3) is 0 Å². The second-order valence-electron chi connectivity index (χ2n) is 5.49. The van der Waals surface area contributed by atoms with E-state index in [9.17, 15) is 9.59 Å². The molecule has 1 aromatic rings. The van der Waals surface area contributed by atoms with Gasteiger partial charge in [-0.2, -0.15) is 0 Å². The zero-order chi connectivity index (χ0) is 15.2. The van der Waals surface area contributed by atoms with Crippen molar-refractivity contribution in [3.63, 3.8) is 0 Å². The van der Waals surface area contributed by atoms with Gasteiger partial charge in [0.15, 0.2) is 0 Å². The topological polar surface area (TPSA) is 55.4 Å². The average molecular weight is 342 g/mol. The summed E-state index contributed by atoms with van der Waals surface area (Å²) in [7, 11) is 0. The van der Waals surface area contributed by atoms with Crippen LogP contribution in [0.1, 0.15) is 45.2 Å². The van der Waals surface area contributed by atoms with Gasteiger partial charge in [-0.3, -0.25) is 0 Å². The molecule has 110 valence electrons. The van der Waals surface area contributed by atoms with Gasteiger partial charge in [-0.15, -0.1) is 0 Å². The Morgan fingerprint density at radius 1 is 1.35 bits per heavy atom. The first-order valence-corrected chi connectivity index (χ1v) is 7.30. The Hall–Kier alpha value is -1.36. The molecule has 20 heavy (non-hydrogen) atoms. The number of amides is 1. The van der Waals surface area contributed by atoms with Crippen molar-refractivity contribution in [2.75, 3.05) is 0 Å². The summed E-state index contributed by atoms with van der Waals surface area (Å²) in [5, 5.41) is 2.81. The lowest BCUT2D eigenvalue weighted by Gasteiger charge is -2.23. The Balaban J connectivity index is 2.76. The first-order chi connectivity index (χ1) is 9.31. The van der Waals surface area contributed by atoms with Crippen molar-refractivity contribution in [3.05, 3.63) is 34.3 Å². The van der Waals surface area contributed by atoms with Crippen LogP contribution in [-0.4, -0.2) is 18.0 Å². The molecule has 0 spiro atoms. The zero-order valence-electron chi connectivity index (χ0n) is 12.0. The summed E-state index contributed by atoms with van der Waals surface area (Å²) in [6, 6.07) is 7.40. The van der Waals surface area contributed by atoms with Crippen LogP contribution in [0, 0.1) is 0 Å². The van der Waals surface area contributed by atoms with Gasteiger partial charge in [0.1, 0.15) is 11.9 Å². The van der Waals surface area contributed by atoms with Crippen LogP contribution in [0.5, 0.6) is 0 Å². The zero-order valence-corrected chi connectivity index (χ0v) is 13.6. The molecule has 0 aliphatic rings. The number of hydrogen-bond acceptors (Lipinski definition) is 3. The number of rotatable bonds is 5. The summed E-state index contributed by atoms with van der Waals surface area (Å²) >= 11 is 3.37. The van der Waals surface area contributed by atoms with Crippen molar-refractivity contribution < 1.29 is 14.3 Å². The second-order valence-corrected chi connectivity index (χ2v) is 6.41. The van der Waals surface area contributed by atoms with E-state index in [1.807, 2.05) is 45.0 Å². The number of halogens is 1. The minimum absolute atomic E-state index is 0.233. The minimum Gasteiger partial charge on any atom is -0.444 e.